The van der Waals surface area contributed by atoms with Gasteiger partial charge in [0.25, 0.3) is 0 Å². The molecule has 6 N–H and O–H groups in total. The number of hydrogen-bond acceptors (Lipinski definition) is 14. The van der Waals surface area contributed by atoms with Gasteiger partial charge in [0.2, 0.25) is 23.7 Å². The van der Waals surface area contributed by atoms with Crippen molar-refractivity contribution in [3.8, 4) is 27.4 Å². The first kappa shape index (κ1) is 58.5. The summed E-state index contributed by atoms with van der Waals surface area (Å²) in [5, 5.41) is 24.8. The summed E-state index contributed by atoms with van der Waals surface area (Å²) in [6.07, 6.45) is 10.5. The molecule has 9 rings (SSSR count). The number of thiazole rings is 1. The van der Waals surface area contributed by atoms with Crippen LogP contribution in [0.4, 0.5) is 21.0 Å². The van der Waals surface area contributed by atoms with E-state index in [9.17, 15) is 28.7 Å². The summed E-state index contributed by atoms with van der Waals surface area (Å²) in [6.45, 7) is 9.57. The number of primary amides is 1. The Balaban J connectivity index is 0.689. The van der Waals surface area contributed by atoms with E-state index in [0.29, 0.717) is 88.4 Å². The Labute approximate surface area is 477 Å². The number of aromatic nitrogens is 5. The molecular weight excluding hydrogens is 1050 g/mol. The lowest BCUT2D eigenvalue weighted by Crippen LogP contribution is -2.49. The summed E-state index contributed by atoms with van der Waals surface area (Å²) in [5.41, 5.74) is 14.1. The number of para-hydroxylation sites is 1. The molecule has 6 aromatic rings. The van der Waals surface area contributed by atoms with Crippen LogP contribution in [0.15, 0.2) is 96.8 Å². The SMILES string of the molecule is COCCN1C[C@@H](NC(=O)Nc2c(C)c(-c3cnc(N4CCN(C(=O)CCCCCCCCCNC(=O)C[C@@H](c5ccc(-c6scnc6C)cc5)N5CC(O)CC5C(N)=O)CC4)nc3)nn2-c2ccccc2)[C@H](c2cccc(F)c2)C1. The van der Waals surface area contributed by atoms with Gasteiger partial charge < -0.3 is 36.0 Å². The average molecular weight is 1130 g/mol. The van der Waals surface area contributed by atoms with Crippen molar-refractivity contribution in [2.75, 3.05) is 82.8 Å². The Morgan fingerprint density at radius 2 is 1.58 bits per heavy atom. The van der Waals surface area contributed by atoms with Crippen LogP contribution in [0.2, 0.25) is 0 Å². The van der Waals surface area contributed by atoms with Crippen LogP contribution in [-0.2, 0) is 19.1 Å². The number of rotatable bonds is 25. The number of anilines is 2. The third-order valence-electron chi connectivity index (χ3n) is 15.9. The fraction of sp³-hybridized carbons (Fsp3) is 0.467. The van der Waals surface area contributed by atoms with E-state index in [2.05, 4.69) is 30.7 Å². The summed E-state index contributed by atoms with van der Waals surface area (Å²) in [4.78, 5) is 76.0. The summed E-state index contributed by atoms with van der Waals surface area (Å²) < 4.78 is 21.4. The molecule has 0 saturated carbocycles. The number of carbonyl (C=O) groups excluding carboxylic acids is 4. The minimum absolute atomic E-state index is 0.111. The van der Waals surface area contributed by atoms with Crippen molar-refractivity contribution in [2.24, 2.45) is 5.73 Å². The van der Waals surface area contributed by atoms with E-state index < -0.39 is 30.1 Å². The predicted octanol–water partition coefficient (Wildman–Crippen LogP) is 7.38. The Hall–Kier alpha value is -7.17. The molecular formula is C60H76FN13O6S. The van der Waals surface area contributed by atoms with E-state index in [1.54, 1.807) is 41.6 Å². The highest BCUT2D eigenvalue weighted by Crippen LogP contribution is 2.36. The van der Waals surface area contributed by atoms with Gasteiger partial charge in [0.1, 0.15) is 17.3 Å². The van der Waals surface area contributed by atoms with Crippen LogP contribution in [0.5, 0.6) is 0 Å². The van der Waals surface area contributed by atoms with E-state index in [4.69, 9.17) is 25.5 Å². The Morgan fingerprint density at radius 1 is 0.852 bits per heavy atom. The van der Waals surface area contributed by atoms with Crippen LogP contribution in [0, 0.1) is 19.7 Å². The number of aliphatic hydroxyl groups is 1. The molecule has 5 atom stereocenters. The van der Waals surface area contributed by atoms with Crippen LogP contribution >= 0.6 is 11.3 Å². The molecule has 0 bridgehead atoms. The minimum atomic E-state index is -0.695. The smallest absolute Gasteiger partial charge is 0.320 e. The molecule has 21 heteroatoms. The highest BCUT2D eigenvalue weighted by Gasteiger charge is 2.40. The Bertz CT molecular complexity index is 3050. The first-order chi connectivity index (χ1) is 39.3. The van der Waals surface area contributed by atoms with Gasteiger partial charge in [-0.05, 0) is 74.1 Å². The van der Waals surface area contributed by atoms with Crippen LogP contribution in [0.25, 0.3) is 27.4 Å². The first-order valence-electron chi connectivity index (χ1n) is 28.4. The van der Waals surface area contributed by atoms with Gasteiger partial charge >= 0.3 is 6.03 Å². The minimum Gasteiger partial charge on any atom is -0.392 e. The number of nitrogens with one attached hydrogen (secondary N) is 3. The lowest BCUT2D eigenvalue weighted by molar-refractivity contribution is -0.131. The molecule has 19 nitrogen and oxygen atoms in total. The number of amides is 5. The third kappa shape index (κ3) is 15.0. The van der Waals surface area contributed by atoms with E-state index in [1.165, 1.54) is 12.1 Å². The van der Waals surface area contributed by atoms with Gasteiger partial charge in [-0.1, -0.05) is 86.7 Å². The molecule has 3 aromatic heterocycles. The molecule has 81 heavy (non-hydrogen) atoms. The normalized spacial score (nSPS) is 19.0. The lowest BCUT2D eigenvalue weighted by atomic mass is 9.94. The van der Waals surface area contributed by atoms with Crippen molar-refractivity contribution < 1.29 is 33.4 Å². The van der Waals surface area contributed by atoms with Crippen molar-refractivity contribution in [3.63, 3.8) is 0 Å². The second-order valence-corrected chi connectivity index (χ2v) is 22.4. The number of unbranched alkanes of at least 4 members (excludes halogenated alkanes) is 6. The van der Waals surface area contributed by atoms with Gasteiger partial charge in [-0.2, -0.15) is 5.10 Å². The summed E-state index contributed by atoms with van der Waals surface area (Å²) in [7, 11) is 1.66. The predicted molar refractivity (Wildman–Crippen MR) is 311 cm³/mol. The molecule has 3 fully saturated rings. The van der Waals surface area contributed by atoms with Gasteiger partial charge in [0, 0.05) is 114 Å². The van der Waals surface area contributed by atoms with E-state index in [1.807, 2.05) is 89.8 Å². The van der Waals surface area contributed by atoms with E-state index >= 15 is 0 Å². The van der Waals surface area contributed by atoms with E-state index in [0.717, 1.165) is 83.5 Å². The fourth-order valence-electron chi connectivity index (χ4n) is 11.5. The van der Waals surface area contributed by atoms with Gasteiger partial charge in [0.05, 0.1) is 46.6 Å². The van der Waals surface area contributed by atoms with Crippen molar-refractivity contribution in [2.45, 2.75) is 108 Å². The number of hydrogen-bond donors (Lipinski definition) is 5. The molecule has 0 radical (unpaired) electrons. The van der Waals surface area contributed by atoms with Gasteiger partial charge in [-0.25, -0.2) is 28.8 Å². The number of likely N-dealkylation sites (tertiary alicyclic amines) is 2. The monoisotopic (exact) mass is 1130 g/mol. The number of piperazine rings is 1. The van der Waals surface area contributed by atoms with Crippen molar-refractivity contribution in [3.05, 3.63) is 125 Å². The Kier molecular flexibility index (Phi) is 20.2. The van der Waals surface area contributed by atoms with Crippen LogP contribution in [0.1, 0.15) is 98.6 Å². The second-order valence-electron chi connectivity index (χ2n) is 21.5. The number of aryl methyl sites for hydroxylation is 1. The number of urea groups is 1. The number of aliphatic hydroxyl groups excluding tert-OH is 1. The Morgan fingerprint density at radius 3 is 2.27 bits per heavy atom. The zero-order valence-corrected chi connectivity index (χ0v) is 47.5. The van der Waals surface area contributed by atoms with Crippen LogP contribution in [0.3, 0.4) is 0 Å². The molecule has 5 amide bonds. The summed E-state index contributed by atoms with van der Waals surface area (Å²) in [5.74, 6) is 0.183. The number of methoxy groups -OCH3 is 1. The van der Waals surface area contributed by atoms with Crippen molar-refractivity contribution >= 4 is 46.9 Å². The second kappa shape index (κ2) is 28.0. The number of ether oxygens (including phenoxy) is 1. The molecule has 3 saturated heterocycles. The summed E-state index contributed by atoms with van der Waals surface area (Å²) in [6, 6.07) is 22.4. The largest absolute Gasteiger partial charge is 0.392 e. The van der Waals surface area contributed by atoms with Gasteiger partial charge in [-0.15, -0.1) is 11.3 Å². The number of β-amino-alcohol motifs (C(OH)–C–C–N with tert-alkyl or cyclic N) is 1. The fourth-order valence-corrected chi connectivity index (χ4v) is 12.3. The van der Waals surface area contributed by atoms with Crippen molar-refractivity contribution in [1.82, 2.24) is 50.1 Å². The lowest BCUT2D eigenvalue weighted by Gasteiger charge is -2.34. The molecule has 3 aromatic carbocycles. The van der Waals surface area contributed by atoms with Crippen LogP contribution in [-0.4, -0.2) is 159 Å². The topological polar surface area (TPSA) is 229 Å². The molecule has 0 aliphatic carbocycles. The third-order valence-corrected chi connectivity index (χ3v) is 16.9. The van der Waals surface area contributed by atoms with Crippen molar-refractivity contribution in [1.29, 1.82) is 0 Å². The molecule has 0 spiro atoms. The highest BCUT2D eigenvalue weighted by molar-refractivity contribution is 7.13. The highest BCUT2D eigenvalue weighted by atomic mass is 32.1. The van der Waals surface area contributed by atoms with Gasteiger partial charge in [-0.3, -0.25) is 29.5 Å². The molecule has 3 aliphatic heterocycles. The molecule has 3 aliphatic rings. The summed E-state index contributed by atoms with van der Waals surface area (Å²) >= 11 is 1.57. The first-order valence-corrected chi connectivity index (χ1v) is 29.3. The molecule has 6 heterocycles. The number of benzene rings is 3. The zero-order chi connectivity index (χ0) is 56.8. The van der Waals surface area contributed by atoms with Gasteiger partial charge in [0.15, 0.2) is 0 Å². The zero-order valence-electron chi connectivity index (χ0n) is 46.6. The molecule has 2 unspecified atom stereocenters. The van der Waals surface area contributed by atoms with Crippen LogP contribution < -0.4 is 26.6 Å². The maximum absolute atomic E-state index is 14.4. The number of nitrogens with two attached hydrogens (primary N) is 1. The maximum atomic E-state index is 14.4. The standard InChI is InChI=1S/C60H76FN13O6S/c1-40-55(69-74(47-17-10-9-11-18-47)58(40)68-60(79)67-50-38-70(29-30-80-3)37-49(50)44-15-14-16-46(61)31-44)45-34-64-59(65-35-45)72-27-25-71(26-28-72)54(77)19-12-7-5-4-6-8-13-24-63-53(76)33-51(73-36-48(75)32-52(73)57(62)78)42-20-22-43(23-21-42)56-41(2)66-39-81-56/h9-11,14-18,20-23,31,34-35,39,48-52,75H,4-8,12-13,19,24-30,32-33,36-38H2,1-3H3,(H2,62,78)(H,63,76)(H2,67,68,79)/t48?,49-,50+,51-,52?/m0/s1. The maximum Gasteiger partial charge on any atom is 0.320 e. The number of carbonyl (C=O) groups is 4. The number of halogens is 1. The molecule has 430 valence electrons. The number of nitrogens with zero attached hydrogens (tertiary/aromatic N) is 9. The average Bonchev–Trinajstić information content (AvgIpc) is 4.34. The quantitative estimate of drug-likeness (QED) is 0.0353. The van der Waals surface area contributed by atoms with E-state index in [-0.39, 0.29) is 49.0 Å².